The summed E-state index contributed by atoms with van der Waals surface area (Å²) < 4.78 is 0. The summed E-state index contributed by atoms with van der Waals surface area (Å²) in [6, 6.07) is 88.7. The van der Waals surface area contributed by atoms with Crippen LogP contribution in [0, 0.1) is 0 Å². The molecule has 12 aromatic rings. The Morgan fingerprint density at radius 1 is 0.247 bits per heavy atom. The zero-order chi connectivity index (χ0) is 51.6. The number of aromatic nitrogens is 5. The zero-order valence-corrected chi connectivity index (χ0v) is 42.6. The highest BCUT2D eigenvalue weighted by atomic mass is 15.1. The molecule has 6 nitrogen and oxygen atoms in total. The van der Waals surface area contributed by atoms with Gasteiger partial charge in [-0.15, -0.1) is 0 Å². The Balaban J connectivity index is 0.991. The predicted octanol–water partition coefficient (Wildman–Crippen LogP) is 17.4. The van der Waals surface area contributed by atoms with Gasteiger partial charge in [-0.3, -0.25) is 15.0 Å². The topological polar surface area (TPSA) is 67.7 Å². The Morgan fingerprint density at radius 2 is 0.740 bits per heavy atom. The largest absolute Gasteiger partial charge is 0.309 e. The molecule has 0 unspecified atom stereocenters. The molecule has 0 aliphatic rings. The van der Waals surface area contributed by atoms with Crippen molar-refractivity contribution in [2.24, 2.45) is 0 Å². The summed E-state index contributed by atoms with van der Waals surface area (Å²) in [5.41, 5.74) is 22.0. The molecular weight excluding hydrogens is 937 g/mol. The van der Waals surface area contributed by atoms with E-state index in [9.17, 15) is 0 Å². The summed E-state index contributed by atoms with van der Waals surface area (Å²) >= 11 is 0. The molecule has 0 atom stereocenters. The smallest absolute Gasteiger partial charge is 0.159 e. The number of hydrogen-bond donors (Lipinski definition) is 0. The molecule has 0 saturated carbocycles. The lowest BCUT2D eigenvalue weighted by molar-refractivity contribution is 0.931. The fourth-order valence-electron chi connectivity index (χ4n) is 10.3. The van der Waals surface area contributed by atoms with Crippen molar-refractivity contribution in [2.45, 2.75) is 25.7 Å². The molecule has 77 heavy (non-hydrogen) atoms. The van der Waals surface area contributed by atoms with Gasteiger partial charge in [0.2, 0.25) is 0 Å². The number of nitrogens with zero attached hydrogens (tertiary/aromatic N) is 6. The first kappa shape index (κ1) is 48.1. The van der Waals surface area contributed by atoms with Crippen LogP contribution in [-0.2, 0) is 25.7 Å². The van der Waals surface area contributed by atoms with Crippen molar-refractivity contribution in [3.05, 3.63) is 302 Å². The second-order valence-corrected chi connectivity index (χ2v) is 19.2. The van der Waals surface area contributed by atoms with Crippen LogP contribution >= 0.6 is 0 Å². The minimum atomic E-state index is 0.655. The summed E-state index contributed by atoms with van der Waals surface area (Å²) in [5.74, 6) is 0.655. The molecule has 8 aromatic carbocycles. The normalized spacial score (nSPS) is 11.1. The molecular formula is C71H54N6. The van der Waals surface area contributed by atoms with E-state index < -0.39 is 0 Å². The van der Waals surface area contributed by atoms with Gasteiger partial charge in [0, 0.05) is 70.1 Å². The molecule has 0 spiro atoms. The fraction of sp³-hybridized carbons (Fsp3) is 0.0563. The maximum atomic E-state index is 4.79. The Bertz CT molecular complexity index is 3780. The van der Waals surface area contributed by atoms with Crippen LogP contribution in [-0.4, -0.2) is 24.9 Å². The monoisotopic (exact) mass is 990 g/mol. The Labute approximate surface area is 450 Å². The molecule has 12 rings (SSSR count). The molecule has 0 aliphatic heterocycles. The van der Waals surface area contributed by atoms with Crippen molar-refractivity contribution in [3.63, 3.8) is 0 Å². The van der Waals surface area contributed by atoms with Crippen LogP contribution in [0.25, 0.3) is 78.5 Å². The molecule has 0 radical (unpaired) electrons. The maximum absolute atomic E-state index is 4.79. The maximum Gasteiger partial charge on any atom is 0.159 e. The third-order valence-electron chi connectivity index (χ3n) is 14.2. The van der Waals surface area contributed by atoms with E-state index in [1.54, 1.807) is 0 Å². The second-order valence-electron chi connectivity index (χ2n) is 19.2. The number of pyridine rings is 3. The van der Waals surface area contributed by atoms with Gasteiger partial charge >= 0.3 is 0 Å². The standard InChI is InChI=1S/C71H54N6/c1-2-16-55(17-3-1)63-21-6-7-26-69(63)77(61-19-14-18-58(49-61)68-25-10-13-43-74-68)70-50-59(71-75-44-15-45-76-71)39-40-65(70)64-22-5-4-20-62(64)60-47-53(29-27-51-31-35-56(36-32-51)66-23-8-11-41-72-66)46-54(48-60)30-28-52-33-37-57(38-34-52)67-24-9-12-42-73-67/h1-26,31-50H,27-30H2. The molecule has 0 saturated heterocycles. The van der Waals surface area contributed by atoms with Crippen LogP contribution in [0.3, 0.4) is 0 Å². The van der Waals surface area contributed by atoms with E-state index in [-0.39, 0.29) is 0 Å². The van der Waals surface area contributed by atoms with Gasteiger partial charge in [0.15, 0.2) is 5.82 Å². The summed E-state index contributed by atoms with van der Waals surface area (Å²) in [7, 11) is 0. The molecule has 4 heterocycles. The molecule has 0 fully saturated rings. The van der Waals surface area contributed by atoms with E-state index in [1.807, 2.05) is 73.4 Å². The molecule has 0 N–H and O–H groups in total. The SMILES string of the molecule is c1ccc(-c2ccccc2N(c2cccc(-c3ccccn3)c2)c2cc(-c3ncccn3)ccc2-c2ccccc2-c2cc(CCc3ccc(-c4ccccn4)cc3)cc(CCc3ccc(-c4ccccn4)cc3)c2)cc1. The van der Waals surface area contributed by atoms with Gasteiger partial charge in [0.25, 0.3) is 0 Å². The van der Waals surface area contributed by atoms with Gasteiger partial charge in [0.1, 0.15) is 0 Å². The van der Waals surface area contributed by atoms with E-state index in [4.69, 9.17) is 15.0 Å². The van der Waals surface area contributed by atoms with Gasteiger partial charge in [-0.05, 0) is 137 Å². The zero-order valence-electron chi connectivity index (χ0n) is 42.6. The van der Waals surface area contributed by atoms with Crippen molar-refractivity contribution in [1.29, 1.82) is 0 Å². The Kier molecular flexibility index (Phi) is 14.2. The van der Waals surface area contributed by atoms with Crippen LogP contribution < -0.4 is 4.90 Å². The molecule has 0 amide bonds. The average molecular weight is 991 g/mol. The van der Waals surface area contributed by atoms with E-state index in [0.29, 0.717) is 5.82 Å². The molecule has 6 heteroatoms. The van der Waals surface area contributed by atoms with E-state index in [0.717, 1.165) is 110 Å². The summed E-state index contributed by atoms with van der Waals surface area (Å²) in [6.45, 7) is 0. The molecule has 0 aliphatic carbocycles. The highest BCUT2D eigenvalue weighted by Crippen LogP contribution is 2.48. The quantitative estimate of drug-likeness (QED) is 0.0961. The van der Waals surface area contributed by atoms with E-state index >= 15 is 0 Å². The highest BCUT2D eigenvalue weighted by molar-refractivity contribution is 5.98. The summed E-state index contributed by atoms with van der Waals surface area (Å²) in [6.07, 6.45) is 12.8. The van der Waals surface area contributed by atoms with Gasteiger partial charge in [-0.25, -0.2) is 9.97 Å². The van der Waals surface area contributed by atoms with Crippen LogP contribution in [0.2, 0.25) is 0 Å². The number of rotatable bonds is 16. The van der Waals surface area contributed by atoms with Gasteiger partial charge in [-0.1, -0.05) is 182 Å². The lowest BCUT2D eigenvalue weighted by Gasteiger charge is -2.31. The Morgan fingerprint density at radius 3 is 1.34 bits per heavy atom. The lowest BCUT2D eigenvalue weighted by atomic mass is 9.89. The van der Waals surface area contributed by atoms with Gasteiger partial charge in [-0.2, -0.15) is 0 Å². The Hall–Kier alpha value is -9.91. The first-order chi connectivity index (χ1) is 38.2. The lowest BCUT2D eigenvalue weighted by Crippen LogP contribution is -2.13. The molecule has 368 valence electrons. The summed E-state index contributed by atoms with van der Waals surface area (Å²) in [5, 5.41) is 0. The van der Waals surface area contributed by atoms with Crippen molar-refractivity contribution < 1.29 is 0 Å². The average Bonchev–Trinajstić information content (AvgIpc) is 3.52. The minimum Gasteiger partial charge on any atom is -0.309 e. The van der Waals surface area contributed by atoms with Crippen LogP contribution in [0.5, 0.6) is 0 Å². The molecule has 0 bridgehead atoms. The number of para-hydroxylation sites is 1. The number of hydrogen-bond acceptors (Lipinski definition) is 6. The van der Waals surface area contributed by atoms with E-state index in [1.165, 1.54) is 27.8 Å². The first-order valence-electron chi connectivity index (χ1n) is 26.3. The number of aryl methyl sites for hydroxylation is 4. The summed E-state index contributed by atoms with van der Waals surface area (Å²) in [4.78, 5) is 25.9. The molecule has 4 aromatic heterocycles. The van der Waals surface area contributed by atoms with Crippen LogP contribution in [0.1, 0.15) is 22.3 Å². The van der Waals surface area contributed by atoms with Crippen molar-refractivity contribution in [1.82, 2.24) is 24.9 Å². The predicted molar refractivity (Wildman–Crippen MR) is 316 cm³/mol. The number of benzene rings is 8. The van der Waals surface area contributed by atoms with Crippen molar-refractivity contribution in [3.8, 4) is 78.5 Å². The van der Waals surface area contributed by atoms with Crippen molar-refractivity contribution >= 4 is 17.1 Å². The third kappa shape index (κ3) is 11.0. The first-order valence-corrected chi connectivity index (χ1v) is 26.3. The fourth-order valence-corrected chi connectivity index (χ4v) is 10.3. The van der Waals surface area contributed by atoms with Crippen molar-refractivity contribution in [2.75, 3.05) is 4.90 Å². The van der Waals surface area contributed by atoms with E-state index in [2.05, 4.69) is 221 Å². The third-order valence-corrected chi connectivity index (χ3v) is 14.2. The minimum absolute atomic E-state index is 0.655. The van der Waals surface area contributed by atoms with Gasteiger partial charge in [0.05, 0.1) is 28.5 Å². The van der Waals surface area contributed by atoms with Gasteiger partial charge < -0.3 is 4.90 Å². The van der Waals surface area contributed by atoms with Crippen LogP contribution in [0.4, 0.5) is 17.1 Å². The second kappa shape index (κ2) is 22.7. The number of anilines is 3. The van der Waals surface area contributed by atoms with Crippen LogP contribution in [0.15, 0.2) is 280 Å². The highest BCUT2D eigenvalue weighted by Gasteiger charge is 2.24.